The third-order valence-corrected chi connectivity index (χ3v) is 5.23. The van der Waals surface area contributed by atoms with E-state index in [1.165, 1.54) is 11.1 Å². The zero-order valence-electron chi connectivity index (χ0n) is 16.3. The molecule has 0 aliphatic carbocycles. The smallest absolute Gasteiger partial charge is 0.253 e. The second-order valence-corrected chi connectivity index (χ2v) is 7.38. The lowest BCUT2D eigenvalue weighted by Crippen LogP contribution is -2.35. The number of hydrogen-bond donors (Lipinski definition) is 1. The number of carbonyl (C=O) groups excluding carboxylic acids is 2. The largest absolute Gasteiger partial charge is 0.368 e. The Hall–Kier alpha value is -3.41. The van der Waals surface area contributed by atoms with E-state index in [0.717, 1.165) is 53.9 Å². The lowest BCUT2D eigenvalue weighted by atomic mass is 10.00. The monoisotopic (exact) mass is 388 g/mol. The summed E-state index contributed by atoms with van der Waals surface area (Å²) in [5.41, 5.74) is 9.79. The summed E-state index contributed by atoms with van der Waals surface area (Å²) in [5.74, 6) is -0.308. The topological polar surface area (TPSA) is 81.2 Å². The number of hydrogen-bond acceptors (Lipinski definition) is 3. The summed E-state index contributed by atoms with van der Waals surface area (Å²) in [4.78, 5) is 25.7. The van der Waals surface area contributed by atoms with Gasteiger partial charge in [-0.15, -0.1) is 0 Å². The minimum Gasteiger partial charge on any atom is -0.368 e. The van der Waals surface area contributed by atoms with Crippen LogP contribution in [0.1, 0.15) is 29.6 Å². The molecule has 0 bridgehead atoms. The van der Waals surface area contributed by atoms with Crippen LogP contribution in [0.15, 0.2) is 60.8 Å². The molecule has 2 heterocycles. The van der Waals surface area contributed by atoms with Gasteiger partial charge in [-0.1, -0.05) is 30.3 Å². The molecule has 6 heteroatoms. The number of amides is 2. The molecule has 148 valence electrons. The van der Waals surface area contributed by atoms with Gasteiger partial charge in [-0.05, 0) is 54.7 Å². The number of carbonyl (C=O) groups is 2. The van der Waals surface area contributed by atoms with Crippen LogP contribution < -0.4 is 5.73 Å². The van der Waals surface area contributed by atoms with Gasteiger partial charge in [0.05, 0.1) is 5.69 Å². The highest BCUT2D eigenvalue weighted by Crippen LogP contribution is 2.26. The molecule has 1 aromatic heterocycles. The van der Waals surface area contributed by atoms with Crippen LogP contribution >= 0.6 is 0 Å². The van der Waals surface area contributed by atoms with Crippen LogP contribution in [0, 0.1) is 0 Å². The molecule has 6 nitrogen and oxygen atoms in total. The van der Waals surface area contributed by atoms with Crippen LogP contribution in [0.4, 0.5) is 0 Å². The molecule has 1 aliphatic heterocycles. The number of primary amides is 1. The summed E-state index contributed by atoms with van der Waals surface area (Å²) < 4.78 is 1.53. The summed E-state index contributed by atoms with van der Waals surface area (Å²) >= 11 is 0. The van der Waals surface area contributed by atoms with Gasteiger partial charge in [0, 0.05) is 30.4 Å². The second kappa shape index (κ2) is 8.31. The lowest BCUT2D eigenvalue weighted by molar-refractivity contribution is -0.118. The summed E-state index contributed by atoms with van der Waals surface area (Å²) in [5, 5.41) is 4.41. The maximum absolute atomic E-state index is 12.6. The number of benzene rings is 2. The first kappa shape index (κ1) is 18.9. The summed E-state index contributed by atoms with van der Waals surface area (Å²) in [6.07, 6.45) is 5.13. The number of piperidine rings is 1. The summed E-state index contributed by atoms with van der Waals surface area (Å²) in [6.45, 7) is 1.77. The maximum atomic E-state index is 12.6. The molecule has 0 saturated carbocycles. The minimum atomic E-state index is -0.424. The first-order valence-electron chi connectivity index (χ1n) is 9.92. The van der Waals surface area contributed by atoms with Crippen LogP contribution in [-0.2, 0) is 11.3 Å². The maximum Gasteiger partial charge on any atom is 0.253 e. The SMILES string of the molecule is NC(=O)Cn1ccc(-c2cccc(-c3ccc(C(=O)N4CCCCC4)cc3)c2)n1. The Bertz CT molecular complexity index is 1020. The van der Waals surface area contributed by atoms with Crippen molar-refractivity contribution < 1.29 is 9.59 Å². The second-order valence-electron chi connectivity index (χ2n) is 7.38. The van der Waals surface area contributed by atoms with Gasteiger partial charge in [0.15, 0.2) is 0 Å². The van der Waals surface area contributed by atoms with Crippen LogP contribution in [0.25, 0.3) is 22.4 Å². The molecule has 1 fully saturated rings. The zero-order valence-corrected chi connectivity index (χ0v) is 16.3. The predicted octanol–water partition coefficient (Wildman–Crippen LogP) is 3.33. The molecule has 1 saturated heterocycles. The van der Waals surface area contributed by atoms with Crippen molar-refractivity contribution >= 4 is 11.8 Å². The van der Waals surface area contributed by atoms with Gasteiger partial charge in [-0.2, -0.15) is 5.10 Å². The Labute approximate surface area is 169 Å². The Morgan fingerprint density at radius 3 is 2.34 bits per heavy atom. The molecule has 3 aromatic rings. The van der Waals surface area contributed by atoms with E-state index in [-0.39, 0.29) is 12.5 Å². The first-order chi connectivity index (χ1) is 14.1. The third-order valence-electron chi connectivity index (χ3n) is 5.23. The van der Waals surface area contributed by atoms with E-state index in [1.54, 1.807) is 6.20 Å². The van der Waals surface area contributed by atoms with Crippen LogP contribution in [0.3, 0.4) is 0 Å². The predicted molar refractivity (Wildman–Crippen MR) is 112 cm³/mol. The van der Waals surface area contributed by atoms with Gasteiger partial charge < -0.3 is 10.6 Å². The normalized spacial score (nSPS) is 14.0. The highest BCUT2D eigenvalue weighted by Gasteiger charge is 2.18. The Morgan fingerprint density at radius 2 is 1.62 bits per heavy atom. The molecule has 0 atom stereocenters. The van der Waals surface area contributed by atoms with E-state index in [1.807, 2.05) is 53.4 Å². The first-order valence-corrected chi connectivity index (χ1v) is 9.92. The van der Waals surface area contributed by atoms with E-state index in [4.69, 9.17) is 5.73 Å². The van der Waals surface area contributed by atoms with E-state index < -0.39 is 5.91 Å². The fourth-order valence-electron chi connectivity index (χ4n) is 3.71. The molecule has 29 heavy (non-hydrogen) atoms. The van der Waals surface area contributed by atoms with Crippen molar-refractivity contribution in [3.8, 4) is 22.4 Å². The number of nitrogens with zero attached hydrogens (tertiary/aromatic N) is 3. The van der Waals surface area contributed by atoms with Gasteiger partial charge >= 0.3 is 0 Å². The fraction of sp³-hybridized carbons (Fsp3) is 0.261. The van der Waals surface area contributed by atoms with Crippen molar-refractivity contribution in [3.05, 3.63) is 66.4 Å². The fourth-order valence-corrected chi connectivity index (χ4v) is 3.71. The van der Waals surface area contributed by atoms with Crippen LogP contribution in [-0.4, -0.2) is 39.6 Å². The molecule has 2 N–H and O–H groups in total. The lowest BCUT2D eigenvalue weighted by Gasteiger charge is -2.26. The molecule has 1 aliphatic rings. The van der Waals surface area contributed by atoms with Gasteiger partial charge in [-0.25, -0.2) is 0 Å². The number of likely N-dealkylation sites (tertiary alicyclic amines) is 1. The zero-order chi connectivity index (χ0) is 20.2. The van der Waals surface area contributed by atoms with Gasteiger partial charge in [0.1, 0.15) is 6.54 Å². The number of rotatable bonds is 5. The van der Waals surface area contributed by atoms with E-state index in [9.17, 15) is 9.59 Å². The molecule has 0 radical (unpaired) electrons. The van der Waals surface area contributed by atoms with Crippen molar-refractivity contribution in [2.24, 2.45) is 5.73 Å². The standard InChI is InChI=1S/C23H24N4O2/c24-22(28)16-27-14-11-21(25-27)20-6-4-5-19(15-20)17-7-9-18(10-8-17)23(29)26-12-2-1-3-13-26/h4-11,14-15H,1-3,12-13,16H2,(H2,24,28). The van der Waals surface area contributed by atoms with Crippen LogP contribution in [0.5, 0.6) is 0 Å². The highest BCUT2D eigenvalue weighted by molar-refractivity contribution is 5.94. The Morgan fingerprint density at radius 1 is 0.897 bits per heavy atom. The van der Waals surface area contributed by atoms with Crippen molar-refractivity contribution in [2.75, 3.05) is 13.1 Å². The van der Waals surface area contributed by atoms with Gasteiger partial charge in [0.25, 0.3) is 5.91 Å². The van der Waals surface area contributed by atoms with E-state index in [2.05, 4.69) is 11.2 Å². The number of aromatic nitrogens is 2. The quantitative estimate of drug-likeness (QED) is 0.728. The number of nitrogens with two attached hydrogens (primary N) is 1. The van der Waals surface area contributed by atoms with Crippen LogP contribution in [0.2, 0.25) is 0 Å². The molecule has 2 aromatic carbocycles. The average molecular weight is 388 g/mol. The Balaban J connectivity index is 1.53. The van der Waals surface area contributed by atoms with Crippen molar-refractivity contribution in [1.29, 1.82) is 0 Å². The van der Waals surface area contributed by atoms with Crippen molar-refractivity contribution in [1.82, 2.24) is 14.7 Å². The summed E-state index contributed by atoms with van der Waals surface area (Å²) in [6, 6.07) is 17.7. The van der Waals surface area contributed by atoms with Gasteiger partial charge in [-0.3, -0.25) is 14.3 Å². The van der Waals surface area contributed by atoms with Gasteiger partial charge in [0.2, 0.25) is 5.91 Å². The van der Waals surface area contributed by atoms with Crippen molar-refractivity contribution in [3.63, 3.8) is 0 Å². The molecular formula is C23H24N4O2. The molecule has 0 spiro atoms. The average Bonchev–Trinajstić information content (AvgIpc) is 3.22. The van der Waals surface area contributed by atoms with E-state index in [0.29, 0.717) is 0 Å². The van der Waals surface area contributed by atoms with E-state index >= 15 is 0 Å². The third kappa shape index (κ3) is 4.37. The minimum absolute atomic E-state index is 0.0617. The molecule has 2 amide bonds. The molecular weight excluding hydrogens is 364 g/mol. The molecule has 0 unspecified atom stereocenters. The van der Waals surface area contributed by atoms with Crippen molar-refractivity contribution in [2.45, 2.75) is 25.8 Å². The highest BCUT2D eigenvalue weighted by atomic mass is 16.2. The molecule has 4 rings (SSSR count). The Kier molecular flexibility index (Phi) is 5.42. The summed E-state index contributed by atoms with van der Waals surface area (Å²) in [7, 11) is 0.